The predicted molar refractivity (Wildman–Crippen MR) is 113 cm³/mol. The summed E-state index contributed by atoms with van der Waals surface area (Å²) in [5, 5.41) is 3.95. The molecule has 2 aliphatic heterocycles. The molecule has 3 N–H and O–H groups in total. The number of carbonyl (C=O) groups is 2. The summed E-state index contributed by atoms with van der Waals surface area (Å²) >= 11 is 6.11. The summed E-state index contributed by atoms with van der Waals surface area (Å²) < 4.78 is 0. The molecule has 2 aromatic carbocycles. The highest BCUT2D eigenvalue weighted by Crippen LogP contribution is 2.30. The topological polar surface area (TPSA) is 75.4 Å². The Bertz CT molecular complexity index is 930. The van der Waals surface area contributed by atoms with Crippen LogP contribution in [0.4, 0.5) is 0 Å². The molecule has 0 bridgehead atoms. The van der Waals surface area contributed by atoms with Crippen LogP contribution in [0.25, 0.3) is 0 Å². The molecule has 0 spiro atoms. The Kier molecular flexibility index (Phi) is 5.99. The molecule has 2 atom stereocenters. The highest BCUT2D eigenvalue weighted by molar-refractivity contribution is 6.30. The largest absolute Gasteiger partial charge is 0.331 e. The van der Waals surface area contributed by atoms with Crippen LogP contribution in [0.2, 0.25) is 5.02 Å². The molecule has 0 saturated carbocycles. The quantitative estimate of drug-likeness (QED) is 0.765. The second-order valence-corrected chi connectivity index (χ2v) is 8.22. The van der Waals surface area contributed by atoms with E-state index in [0.29, 0.717) is 37.5 Å². The van der Waals surface area contributed by atoms with Crippen LogP contribution < -0.4 is 11.1 Å². The van der Waals surface area contributed by atoms with Crippen molar-refractivity contribution in [1.29, 1.82) is 0 Å². The molecule has 2 unspecified atom stereocenters. The van der Waals surface area contributed by atoms with Gasteiger partial charge in [-0.3, -0.25) is 14.9 Å². The second kappa shape index (κ2) is 8.66. The molecule has 2 aromatic rings. The van der Waals surface area contributed by atoms with E-state index < -0.39 is 0 Å². The van der Waals surface area contributed by atoms with Crippen LogP contribution in [0, 0.1) is 0 Å². The third-order valence-electron chi connectivity index (χ3n) is 6.05. The zero-order chi connectivity index (χ0) is 20.4. The van der Waals surface area contributed by atoms with Gasteiger partial charge in [-0.2, -0.15) is 0 Å². The Hall–Kier alpha value is -2.21. The molecule has 2 heterocycles. The summed E-state index contributed by atoms with van der Waals surface area (Å²) in [5.41, 5.74) is 10.0. The van der Waals surface area contributed by atoms with E-state index in [-0.39, 0.29) is 23.8 Å². The van der Waals surface area contributed by atoms with Crippen molar-refractivity contribution in [2.45, 2.75) is 50.9 Å². The lowest BCUT2D eigenvalue weighted by molar-refractivity contribution is -0.139. The summed E-state index contributed by atoms with van der Waals surface area (Å²) in [4.78, 5) is 28.0. The highest BCUT2D eigenvalue weighted by Gasteiger charge is 2.39. The van der Waals surface area contributed by atoms with E-state index in [0.717, 1.165) is 35.1 Å². The van der Waals surface area contributed by atoms with Gasteiger partial charge in [0, 0.05) is 31.1 Å². The van der Waals surface area contributed by atoms with E-state index in [2.05, 4.69) is 5.32 Å². The van der Waals surface area contributed by atoms with Crippen LogP contribution in [0.5, 0.6) is 0 Å². The molecule has 2 aliphatic rings. The van der Waals surface area contributed by atoms with Crippen molar-refractivity contribution in [2.75, 3.05) is 6.54 Å². The van der Waals surface area contributed by atoms with E-state index >= 15 is 0 Å². The first kappa shape index (κ1) is 20.1. The van der Waals surface area contributed by atoms with Crippen LogP contribution in [0.15, 0.2) is 42.5 Å². The number of halogens is 1. The van der Waals surface area contributed by atoms with Gasteiger partial charge in [-0.15, -0.1) is 0 Å². The first-order valence-electron chi connectivity index (χ1n) is 10.2. The number of likely N-dealkylation sites (tertiary alicyclic amines) is 1. The monoisotopic (exact) mass is 411 g/mol. The SMILES string of the molecule is NCc1ccc(Cl)cc1CCC(=O)C1CCCN1C(=O)C1NCc2ccccc21. The van der Waals surface area contributed by atoms with Gasteiger partial charge in [0.1, 0.15) is 6.04 Å². The number of nitrogens with one attached hydrogen (secondary N) is 1. The van der Waals surface area contributed by atoms with Gasteiger partial charge in [-0.05, 0) is 53.6 Å². The standard InChI is InChI=1S/C23H26ClN3O2/c24-18-9-7-16(13-25)15(12-18)8-10-21(28)20-6-3-11-27(20)23(29)22-19-5-2-1-4-17(19)14-26-22/h1-2,4-5,7,9,12,20,22,26H,3,6,8,10-11,13-14,25H2. The number of hydrogen-bond donors (Lipinski definition) is 2. The molecule has 1 saturated heterocycles. The molecular weight excluding hydrogens is 386 g/mol. The van der Waals surface area contributed by atoms with E-state index in [1.165, 1.54) is 0 Å². The molecule has 5 nitrogen and oxygen atoms in total. The molecule has 152 valence electrons. The van der Waals surface area contributed by atoms with Gasteiger partial charge >= 0.3 is 0 Å². The number of nitrogens with two attached hydrogens (primary N) is 1. The Labute approximate surface area is 176 Å². The fraction of sp³-hybridized carbons (Fsp3) is 0.391. The normalized spacial score (nSPS) is 20.7. The Balaban J connectivity index is 1.44. The maximum atomic E-state index is 13.2. The van der Waals surface area contributed by atoms with Gasteiger partial charge in [0.15, 0.2) is 5.78 Å². The van der Waals surface area contributed by atoms with Gasteiger partial charge in [0.2, 0.25) is 5.91 Å². The zero-order valence-electron chi connectivity index (χ0n) is 16.4. The summed E-state index contributed by atoms with van der Waals surface area (Å²) in [7, 11) is 0. The molecule has 1 amide bonds. The zero-order valence-corrected chi connectivity index (χ0v) is 17.1. The van der Waals surface area contributed by atoms with Crippen LogP contribution in [0.1, 0.15) is 47.6 Å². The Morgan fingerprint density at radius 2 is 2.00 bits per heavy atom. The maximum Gasteiger partial charge on any atom is 0.244 e. The molecule has 6 heteroatoms. The first-order chi connectivity index (χ1) is 14.1. The van der Waals surface area contributed by atoms with Crippen LogP contribution >= 0.6 is 11.6 Å². The fourth-order valence-electron chi connectivity index (χ4n) is 4.50. The second-order valence-electron chi connectivity index (χ2n) is 7.79. The summed E-state index contributed by atoms with van der Waals surface area (Å²) in [5.74, 6) is 0.126. The summed E-state index contributed by atoms with van der Waals surface area (Å²) in [6, 6.07) is 12.9. The molecule has 0 aliphatic carbocycles. The van der Waals surface area contributed by atoms with Crippen molar-refractivity contribution in [3.8, 4) is 0 Å². The van der Waals surface area contributed by atoms with Crippen molar-refractivity contribution in [3.05, 3.63) is 69.7 Å². The van der Waals surface area contributed by atoms with E-state index in [1.807, 2.05) is 42.5 Å². The Morgan fingerprint density at radius 1 is 1.17 bits per heavy atom. The number of nitrogens with zero attached hydrogens (tertiary/aromatic N) is 1. The number of hydrogen-bond acceptors (Lipinski definition) is 4. The average Bonchev–Trinajstić information content (AvgIpc) is 3.39. The average molecular weight is 412 g/mol. The number of ketones is 1. The number of benzene rings is 2. The lowest BCUT2D eigenvalue weighted by Crippen LogP contribution is -2.44. The maximum absolute atomic E-state index is 13.2. The van der Waals surface area contributed by atoms with Gasteiger partial charge in [-0.1, -0.05) is 41.9 Å². The summed E-state index contributed by atoms with van der Waals surface area (Å²) in [6.45, 7) is 1.75. The number of amides is 1. The number of Topliss-reactive ketones (excluding diaryl/α,β-unsaturated/α-hetero) is 1. The van der Waals surface area contributed by atoms with E-state index in [9.17, 15) is 9.59 Å². The third kappa shape index (κ3) is 4.08. The van der Waals surface area contributed by atoms with Gasteiger partial charge in [0.25, 0.3) is 0 Å². The fourth-order valence-corrected chi connectivity index (χ4v) is 4.70. The molecular formula is C23H26ClN3O2. The first-order valence-corrected chi connectivity index (χ1v) is 10.6. The van der Waals surface area contributed by atoms with Crippen LogP contribution in [-0.4, -0.2) is 29.2 Å². The van der Waals surface area contributed by atoms with Gasteiger partial charge < -0.3 is 10.6 Å². The molecule has 1 fully saturated rings. The van der Waals surface area contributed by atoms with Gasteiger partial charge in [0.05, 0.1) is 6.04 Å². The highest BCUT2D eigenvalue weighted by atomic mass is 35.5. The minimum atomic E-state index is -0.351. The number of carbonyl (C=O) groups excluding carboxylic acids is 2. The van der Waals surface area contributed by atoms with Gasteiger partial charge in [-0.25, -0.2) is 0 Å². The molecule has 4 rings (SSSR count). The van der Waals surface area contributed by atoms with Crippen molar-refractivity contribution in [2.24, 2.45) is 5.73 Å². The smallest absolute Gasteiger partial charge is 0.244 e. The van der Waals surface area contributed by atoms with Crippen LogP contribution in [0.3, 0.4) is 0 Å². The number of rotatable bonds is 6. The van der Waals surface area contributed by atoms with Crippen LogP contribution in [-0.2, 0) is 29.1 Å². The van der Waals surface area contributed by atoms with Crippen molar-refractivity contribution in [1.82, 2.24) is 10.2 Å². The number of aryl methyl sites for hydroxylation is 1. The third-order valence-corrected chi connectivity index (χ3v) is 6.28. The molecule has 29 heavy (non-hydrogen) atoms. The van der Waals surface area contributed by atoms with Crippen molar-refractivity contribution in [3.63, 3.8) is 0 Å². The van der Waals surface area contributed by atoms with Crippen molar-refractivity contribution >= 4 is 23.3 Å². The molecule has 0 radical (unpaired) electrons. The van der Waals surface area contributed by atoms with E-state index in [1.54, 1.807) is 4.90 Å². The minimum absolute atomic E-state index is 0.0104. The lowest BCUT2D eigenvalue weighted by Gasteiger charge is -2.27. The molecule has 0 aromatic heterocycles. The predicted octanol–water partition coefficient (Wildman–Crippen LogP) is 3.14. The minimum Gasteiger partial charge on any atom is -0.331 e. The lowest BCUT2D eigenvalue weighted by atomic mass is 9.98. The van der Waals surface area contributed by atoms with E-state index in [4.69, 9.17) is 17.3 Å². The summed E-state index contributed by atoms with van der Waals surface area (Å²) in [6.07, 6.45) is 2.57. The van der Waals surface area contributed by atoms with Crippen molar-refractivity contribution < 1.29 is 9.59 Å². The Morgan fingerprint density at radius 3 is 2.83 bits per heavy atom. The number of fused-ring (bicyclic) bond motifs is 1.